The van der Waals surface area contributed by atoms with E-state index in [-0.39, 0.29) is 11.4 Å². The molecule has 1 rings (SSSR count). The lowest BCUT2D eigenvalue weighted by atomic mass is 9.96. The van der Waals surface area contributed by atoms with E-state index in [0.29, 0.717) is 16.7 Å². The van der Waals surface area contributed by atoms with Gasteiger partial charge in [0.05, 0.1) is 0 Å². The monoisotopic (exact) mass is 210 g/mol. The van der Waals surface area contributed by atoms with E-state index in [1.165, 1.54) is 6.92 Å². The number of carbonyl (C=O) groups excluding carboxylic acids is 1. The fourth-order valence-electron chi connectivity index (χ4n) is 1.44. The summed E-state index contributed by atoms with van der Waals surface area (Å²) < 4.78 is 0. The van der Waals surface area contributed by atoms with Gasteiger partial charge in [-0.2, -0.15) is 10.5 Å². The third kappa shape index (κ3) is 2.16. The predicted octanol–water partition coefficient (Wildman–Crippen LogP) is 2.71. The van der Waals surface area contributed by atoms with Crippen LogP contribution in [0.4, 0.5) is 0 Å². The van der Waals surface area contributed by atoms with Gasteiger partial charge in [-0.05, 0) is 25.0 Å². The summed E-state index contributed by atoms with van der Waals surface area (Å²) in [4.78, 5) is 11.4. The third-order valence-corrected chi connectivity index (χ3v) is 2.31. The maximum Gasteiger partial charge on any atom is 0.160 e. The molecule has 0 radical (unpaired) electrons. The summed E-state index contributed by atoms with van der Waals surface area (Å²) in [5.74, 6) is -0.0785. The minimum Gasteiger partial charge on any atom is -0.294 e. The number of hydrogen-bond donors (Lipinski definition) is 0. The van der Waals surface area contributed by atoms with Gasteiger partial charge in [0.1, 0.15) is 17.7 Å². The standard InChI is InChI=1S/C13H10N2O/c1-9(11(7-14)8-15)12-5-3-4-6-13(12)10(2)16/h3-6H,1-2H3. The predicted molar refractivity (Wildman–Crippen MR) is 60.3 cm³/mol. The number of nitrogens with zero attached hydrogens (tertiary/aromatic N) is 2. The number of carbonyl (C=O) groups is 1. The summed E-state index contributed by atoms with van der Waals surface area (Å²) in [6.45, 7) is 3.13. The Balaban J connectivity index is 3.48. The minimum absolute atomic E-state index is 0.0358. The molecule has 78 valence electrons. The van der Waals surface area contributed by atoms with Gasteiger partial charge in [-0.1, -0.05) is 24.3 Å². The van der Waals surface area contributed by atoms with Gasteiger partial charge < -0.3 is 0 Å². The molecule has 1 aromatic carbocycles. The number of benzene rings is 1. The average Bonchev–Trinajstić information content (AvgIpc) is 2.30. The zero-order valence-electron chi connectivity index (χ0n) is 9.11. The Bertz CT molecular complexity index is 526. The third-order valence-electron chi connectivity index (χ3n) is 2.31. The summed E-state index contributed by atoms with van der Waals surface area (Å²) in [5, 5.41) is 17.5. The first-order chi connectivity index (χ1) is 7.61. The minimum atomic E-state index is -0.0785. The van der Waals surface area contributed by atoms with Crippen LogP contribution in [-0.4, -0.2) is 5.78 Å². The Morgan fingerprint density at radius 2 is 1.56 bits per heavy atom. The van der Waals surface area contributed by atoms with Crippen molar-refractivity contribution in [1.29, 1.82) is 10.5 Å². The van der Waals surface area contributed by atoms with Crippen molar-refractivity contribution in [1.82, 2.24) is 0 Å². The second kappa shape index (κ2) is 4.91. The lowest BCUT2D eigenvalue weighted by molar-refractivity contribution is 0.101. The van der Waals surface area contributed by atoms with Crippen LogP contribution in [0.25, 0.3) is 5.57 Å². The van der Waals surface area contributed by atoms with Crippen LogP contribution in [0.15, 0.2) is 29.8 Å². The molecule has 0 saturated heterocycles. The summed E-state index contributed by atoms with van der Waals surface area (Å²) in [6, 6.07) is 10.6. The van der Waals surface area contributed by atoms with Crippen molar-refractivity contribution in [2.45, 2.75) is 13.8 Å². The number of ketones is 1. The van der Waals surface area contributed by atoms with E-state index in [1.807, 2.05) is 12.1 Å². The number of rotatable bonds is 2. The molecule has 0 aliphatic rings. The molecule has 0 unspecified atom stereocenters. The van der Waals surface area contributed by atoms with Gasteiger partial charge in [-0.25, -0.2) is 0 Å². The van der Waals surface area contributed by atoms with Crippen LogP contribution in [0.5, 0.6) is 0 Å². The molecule has 0 bridgehead atoms. The highest BCUT2D eigenvalue weighted by molar-refractivity contribution is 5.99. The molecule has 0 heterocycles. The van der Waals surface area contributed by atoms with Crippen molar-refractivity contribution in [2.75, 3.05) is 0 Å². The van der Waals surface area contributed by atoms with E-state index >= 15 is 0 Å². The number of allylic oxidation sites excluding steroid dienone is 2. The van der Waals surface area contributed by atoms with Crippen molar-refractivity contribution in [2.24, 2.45) is 0 Å². The van der Waals surface area contributed by atoms with Gasteiger partial charge in [-0.3, -0.25) is 4.79 Å². The van der Waals surface area contributed by atoms with Crippen molar-refractivity contribution in [3.8, 4) is 12.1 Å². The van der Waals surface area contributed by atoms with E-state index < -0.39 is 0 Å². The first-order valence-electron chi connectivity index (χ1n) is 4.73. The zero-order chi connectivity index (χ0) is 12.1. The second-order valence-electron chi connectivity index (χ2n) is 3.33. The van der Waals surface area contributed by atoms with E-state index in [1.54, 1.807) is 31.2 Å². The lowest BCUT2D eigenvalue weighted by Gasteiger charge is -2.06. The number of nitriles is 2. The molecule has 0 aromatic heterocycles. The average molecular weight is 210 g/mol. The molecular weight excluding hydrogens is 200 g/mol. The van der Waals surface area contributed by atoms with Gasteiger partial charge in [-0.15, -0.1) is 0 Å². The van der Waals surface area contributed by atoms with Crippen LogP contribution in [0, 0.1) is 22.7 Å². The Hall–Kier alpha value is -2.39. The Kier molecular flexibility index (Phi) is 3.58. The Morgan fingerprint density at radius 3 is 2.00 bits per heavy atom. The smallest absolute Gasteiger partial charge is 0.160 e. The molecule has 3 heteroatoms. The molecule has 0 aliphatic heterocycles. The largest absolute Gasteiger partial charge is 0.294 e. The maximum atomic E-state index is 11.4. The SMILES string of the molecule is CC(=O)c1ccccc1C(C)=C(C#N)C#N. The van der Waals surface area contributed by atoms with Gasteiger partial charge in [0.15, 0.2) is 5.78 Å². The second-order valence-corrected chi connectivity index (χ2v) is 3.33. The Morgan fingerprint density at radius 1 is 1.06 bits per heavy atom. The van der Waals surface area contributed by atoms with Crippen molar-refractivity contribution in [3.05, 3.63) is 41.0 Å². The van der Waals surface area contributed by atoms with Gasteiger partial charge in [0.2, 0.25) is 0 Å². The van der Waals surface area contributed by atoms with E-state index in [9.17, 15) is 4.79 Å². The molecule has 0 saturated carbocycles. The molecule has 3 nitrogen and oxygen atoms in total. The zero-order valence-corrected chi connectivity index (χ0v) is 9.11. The molecule has 1 aromatic rings. The first kappa shape index (κ1) is 11.7. The van der Waals surface area contributed by atoms with Crippen molar-refractivity contribution in [3.63, 3.8) is 0 Å². The van der Waals surface area contributed by atoms with E-state index in [2.05, 4.69) is 0 Å². The molecular formula is C13H10N2O. The van der Waals surface area contributed by atoms with Crippen molar-refractivity contribution < 1.29 is 4.79 Å². The molecule has 16 heavy (non-hydrogen) atoms. The fourth-order valence-corrected chi connectivity index (χ4v) is 1.44. The van der Waals surface area contributed by atoms with Crippen LogP contribution in [0.2, 0.25) is 0 Å². The molecule has 0 amide bonds. The maximum absolute atomic E-state index is 11.4. The Labute approximate surface area is 94.2 Å². The molecule has 0 aliphatic carbocycles. The summed E-state index contributed by atoms with van der Waals surface area (Å²) in [6.07, 6.45) is 0. The lowest BCUT2D eigenvalue weighted by Crippen LogP contribution is -1.98. The summed E-state index contributed by atoms with van der Waals surface area (Å²) in [5.41, 5.74) is 1.75. The molecule has 0 spiro atoms. The molecule has 0 atom stereocenters. The highest BCUT2D eigenvalue weighted by Gasteiger charge is 2.10. The van der Waals surface area contributed by atoms with Crippen LogP contribution in [-0.2, 0) is 0 Å². The van der Waals surface area contributed by atoms with Crippen molar-refractivity contribution >= 4 is 11.4 Å². The molecule has 0 fully saturated rings. The van der Waals surface area contributed by atoms with Crippen LogP contribution in [0.1, 0.15) is 29.8 Å². The van der Waals surface area contributed by atoms with Gasteiger partial charge in [0.25, 0.3) is 0 Å². The van der Waals surface area contributed by atoms with E-state index in [0.717, 1.165) is 0 Å². The van der Waals surface area contributed by atoms with Gasteiger partial charge >= 0.3 is 0 Å². The first-order valence-corrected chi connectivity index (χ1v) is 4.73. The normalized spacial score (nSPS) is 8.75. The quantitative estimate of drug-likeness (QED) is 0.556. The topological polar surface area (TPSA) is 64.7 Å². The fraction of sp³-hybridized carbons (Fsp3) is 0.154. The van der Waals surface area contributed by atoms with E-state index in [4.69, 9.17) is 10.5 Å². The summed E-state index contributed by atoms with van der Waals surface area (Å²) in [7, 11) is 0. The summed E-state index contributed by atoms with van der Waals surface area (Å²) >= 11 is 0. The highest BCUT2D eigenvalue weighted by Crippen LogP contribution is 2.22. The van der Waals surface area contributed by atoms with Gasteiger partial charge in [0, 0.05) is 5.56 Å². The van der Waals surface area contributed by atoms with Crippen LogP contribution >= 0.6 is 0 Å². The number of Topliss-reactive ketones (excluding diaryl/α,β-unsaturated/α-hetero) is 1. The van der Waals surface area contributed by atoms with Crippen LogP contribution in [0.3, 0.4) is 0 Å². The highest BCUT2D eigenvalue weighted by atomic mass is 16.1. The molecule has 0 N–H and O–H groups in total. The number of hydrogen-bond acceptors (Lipinski definition) is 3. The van der Waals surface area contributed by atoms with Crippen LogP contribution < -0.4 is 0 Å².